The summed E-state index contributed by atoms with van der Waals surface area (Å²) in [6.45, 7) is 5.25. The lowest BCUT2D eigenvalue weighted by Gasteiger charge is -2.11. The van der Waals surface area contributed by atoms with E-state index in [2.05, 4.69) is 25.2 Å². The van der Waals surface area contributed by atoms with Gasteiger partial charge in [0, 0.05) is 17.8 Å². The fourth-order valence-electron chi connectivity index (χ4n) is 1.62. The van der Waals surface area contributed by atoms with Gasteiger partial charge in [-0.3, -0.25) is 0 Å². The monoisotopic (exact) mass is 236 g/mol. The Morgan fingerprint density at radius 1 is 1.38 bits per heavy atom. The largest absolute Gasteiger partial charge is 0.389 e. The molecule has 3 heteroatoms. The van der Waals surface area contributed by atoms with Crippen molar-refractivity contribution in [2.24, 2.45) is 5.73 Å². The fraction of sp³-hybridized carbons (Fsp3) is 0.462. The summed E-state index contributed by atoms with van der Waals surface area (Å²) >= 11 is 5.03. The van der Waals surface area contributed by atoms with E-state index in [1.165, 1.54) is 24.8 Å². The predicted octanol–water partition coefficient (Wildman–Crippen LogP) is 3.23. The van der Waals surface area contributed by atoms with Crippen LogP contribution in [0.4, 0.5) is 5.69 Å². The average molecular weight is 236 g/mol. The van der Waals surface area contributed by atoms with Crippen molar-refractivity contribution < 1.29 is 0 Å². The molecule has 3 N–H and O–H groups in total. The molecule has 1 aromatic rings. The topological polar surface area (TPSA) is 38.0 Å². The average Bonchev–Trinajstić information content (AvgIpc) is 2.24. The summed E-state index contributed by atoms with van der Waals surface area (Å²) in [5.41, 5.74) is 8.91. The van der Waals surface area contributed by atoms with Crippen LogP contribution in [0, 0.1) is 6.92 Å². The number of unbranched alkanes of at least 4 members (excludes halogenated alkanes) is 2. The Kier molecular flexibility index (Phi) is 5.26. The summed E-state index contributed by atoms with van der Waals surface area (Å²) in [6, 6.07) is 6.12. The molecule has 1 aromatic carbocycles. The van der Waals surface area contributed by atoms with E-state index in [1.54, 1.807) is 0 Å². The van der Waals surface area contributed by atoms with E-state index in [0.717, 1.165) is 17.8 Å². The van der Waals surface area contributed by atoms with Crippen LogP contribution in [0.25, 0.3) is 0 Å². The third kappa shape index (κ3) is 3.81. The van der Waals surface area contributed by atoms with E-state index in [-0.39, 0.29) is 0 Å². The minimum atomic E-state index is 0.456. The molecule has 2 nitrogen and oxygen atoms in total. The number of nitrogens with two attached hydrogens (primary N) is 1. The maximum Gasteiger partial charge on any atom is 0.106 e. The first-order valence-electron chi connectivity index (χ1n) is 5.79. The predicted molar refractivity (Wildman–Crippen MR) is 75.1 cm³/mol. The van der Waals surface area contributed by atoms with Crippen LogP contribution in [-0.4, -0.2) is 11.5 Å². The minimum Gasteiger partial charge on any atom is -0.389 e. The number of hydrogen-bond acceptors (Lipinski definition) is 2. The summed E-state index contributed by atoms with van der Waals surface area (Å²) in [5, 5.41) is 3.40. The molecule has 0 radical (unpaired) electrons. The van der Waals surface area contributed by atoms with Crippen LogP contribution in [0.1, 0.15) is 37.3 Å². The third-order valence-electron chi connectivity index (χ3n) is 2.54. The molecule has 0 unspecified atom stereocenters. The van der Waals surface area contributed by atoms with E-state index in [0.29, 0.717) is 4.99 Å². The Morgan fingerprint density at radius 2 is 2.12 bits per heavy atom. The van der Waals surface area contributed by atoms with E-state index in [9.17, 15) is 0 Å². The van der Waals surface area contributed by atoms with E-state index in [4.69, 9.17) is 18.0 Å². The molecular weight excluding hydrogens is 216 g/mol. The van der Waals surface area contributed by atoms with Gasteiger partial charge in [-0.1, -0.05) is 38.0 Å². The zero-order valence-corrected chi connectivity index (χ0v) is 10.9. The highest BCUT2D eigenvalue weighted by atomic mass is 32.1. The van der Waals surface area contributed by atoms with Crippen molar-refractivity contribution >= 4 is 22.9 Å². The lowest BCUT2D eigenvalue weighted by molar-refractivity contribution is 0.743. The number of aryl methyl sites for hydroxylation is 1. The lowest BCUT2D eigenvalue weighted by atomic mass is 10.1. The van der Waals surface area contributed by atoms with Gasteiger partial charge in [0.05, 0.1) is 0 Å². The second kappa shape index (κ2) is 6.48. The van der Waals surface area contributed by atoms with Crippen molar-refractivity contribution in [3.8, 4) is 0 Å². The van der Waals surface area contributed by atoms with E-state index < -0.39 is 0 Å². The van der Waals surface area contributed by atoms with Crippen LogP contribution in [0.15, 0.2) is 18.2 Å². The molecule has 0 saturated carbocycles. The van der Waals surface area contributed by atoms with Crippen LogP contribution in [0.5, 0.6) is 0 Å². The number of benzene rings is 1. The standard InChI is InChI=1S/C13H20N2S/c1-3-4-5-8-15-12-9-10(2)6-7-11(12)13(14)16/h6-7,9,15H,3-5,8H2,1-2H3,(H2,14,16). The zero-order valence-electron chi connectivity index (χ0n) is 10.0. The van der Waals surface area contributed by atoms with E-state index >= 15 is 0 Å². The molecular formula is C13H20N2S. The van der Waals surface area contributed by atoms with Gasteiger partial charge >= 0.3 is 0 Å². The van der Waals surface area contributed by atoms with Gasteiger partial charge in [0.2, 0.25) is 0 Å². The van der Waals surface area contributed by atoms with Gasteiger partial charge in [0.15, 0.2) is 0 Å². The molecule has 0 fully saturated rings. The van der Waals surface area contributed by atoms with Gasteiger partial charge < -0.3 is 11.1 Å². The second-order valence-corrected chi connectivity index (χ2v) is 4.49. The van der Waals surface area contributed by atoms with Crippen molar-refractivity contribution in [2.45, 2.75) is 33.1 Å². The lowest BCUT2D eigenvalue weighted by Crippen LogP contribution is -2.14. The first-order chi connectivity index (χ1) is 7.65. The number of nitrogens with one attached hydrogen (secondary N) is 1. The molecule has 0 aliphatic heterocycles. The van der Waals surface area contributed by atoms with Crippen LogP contribution < -0.4 is 11.1 Å². The Morgan fingerprint density at radius 3 is 2.75 bits per heavy atom. The van der Waals surface area contributed by atoms with Gasteiger partial charge in [-0.25, -0.2) is 0 Å². The van der Waals surface area contributed by atoms with E-state index in [1.807, 2.05) is 12.1 Å². The number of anilines is 1. The molecule has 0 bridgehead atoms. The highest BCUT2D eigenvalue weighted by Crippen LogP contribution is 2.17. The van der Waals surface area contributed by atoms with Crippen LogP contribution in [-0.2, 0) is 0 Å². The highest BCUT2D eigenvalue weighted by molar-refractivity contribution is 7.80. The number of thiocarbonyl (C=S) groups is 1. The first-order valence-corrected chi connectivity index (χ1v) is 6.20. The smallest absolute Gasteiger partial charge is 0.106 e. The molecule has 0 aliphatic rings. The van der Waals surface area contributed by atoms with Gasteiger partial charge in [0.25, 0.3) is 0 Å². The molecule has 0 aromatic heterocycles. The molecule has 0 heterocycles. The summed E-state index contributed by atoms with van der Waals surface area (Å²) in [6.07, 6.45) is 3.67. The molecule has 0 spiro atoms. The van der Waals surface area contributed by atoms with Crippen molar-refractivity contribution in [1.82, 2.24) is 0 Å². The summed E-state index contributed by atoms with van der Waals surface area (Å²) in [5.74, 6) is 0. The maximum atomic E-state index is 5.69. The summed E-state index contributed by atoms with van der Waals surface area (Å²) in [7, 11) is 0. The highest BCUT2D eigenvalue weighted by Gasteiger charge is 2.04. The Bertz CT molecular complexity index is 361. The zero-order chi connectivity index (χ0) is 12.0. The van der Waals surface area contributed by atoms with Crippen molar-refractivity contribution in [3.05, 3.63) is 29.3 Å². The minimum absolute atomic E-state index is 0.456. The van der Waals surface area contributed by atoms with Crippen LogP contribution >= 0.6 is 12.2 Å². The molecule has 16 heavy (non-hydrogen) atoms. The molecule has 88 valence electrons. The fourth-order valence-corrected chi connectivity index (χ4v) is 1.80. The second-order valence-electron chi connectivity index (χ2n) is 4.05. The van der Waals surface area contributed by atoms with Gasteiger partial charge in [-0.2, -0.15) is 0 Å². The Hall–Kier alpha value is -1.09. The SMILES string of the molecule is CCCCCNc1cc(C)ccc1C(N)=S. The maximum absolute atomic E-state index is 5.69. The van der Waals surface area contributed by atoms with Crippen LogP contribution in [0.3, 0.4) is 0 Å². The Labute approximate surface area is 103 Å². The quantitative estimate of drug-likeness (QED) is 0.588. The van der Waals surface area contributed by atoms with Gasteiger partial charge in [-0.15, -0.1) is 0 Å². The van der Waals surface area contributed by atoms with Crippen molar-refractivity contribution in [3.63, 3.8) is 0 Å². The van der Waals surface area contributed by atoms with Crippen LogP contribution in [0.2, 0.25) is 0 Å². The molecule has 0 aliphatic carbocycles. The van der Waals surface area contributed by atoms with Crippen molar-refractivity contribution in [2.75, 3.05) is 11.9 Å². The normalized spacial score (nSPS) is 10.1. The third-order valence-corrected chi connectivity index (χ3v) is 2.76. The van der Waals surface area contributed by atoms with Crippen molar-refractivity contribution in [1.29, 1.82) is 0 Å². The molecule has 0 saturated heterocycles. The number of rotatable bonds is 6. The summed E-state index contributed by atoms with van der Waals surface area (Å²) < 4.78 is 0. The number of hydrogen-bond donors (Lipinski definition) is 2. The molecule has 0 atom stereocenters. The van der Waals surface area contributed by atoms with Gasteiger partial charge in [-0.05, 0) is 31.0 Å². The Balaban J connectivity index is 2.68. The van der Waals surface area contributed by atoms with Gasteiger partial charge in [0.1, 0.15) is 4.99 Å². The first kappa shape index (κ1) is 13.0. The summed E-state index contributed by atoms with van der Waals surface area (Å²) in [4.78, 5) is 0.456. The molecule has 0 amide bonds. The molecule has 1 rings (SSSR count).